The van der Waals surface area contributed by atoms with E-state index in [1.165, 1.54) is 7.05 Å². The molecule has 0 atom stereocenters. The van der Waals surface area contributed by atoms with Crippen LogP contribution in [0.25, 0.3) is 0 Å². The number of anilines is 1. The van der Waals surface area contributed by atoms with Gasteiger partial charge in [0.25, 0.3) is 5.91 Å². The van der Waals surface area contributed by atoms with Gasteiger partial charge in [-0.2, -0.15) is 0 Å². The molecule has 6 nitrogen and oxygen atoms in total. The second-order valence-electron chi connectivity index (χ2n) is 2.16. The first-order chi connectivity index (χ1) is 6.29. The third kappa shape index (κ3) is 2.32. The molecule has 0 aliphatic heterocycles. The maximum atomic E-state index is 11.1. The minimum Gasteiger partial charge on any atom is -0.364 e. The molecule has 0 unspecified atom stereocenters. The first-order valence-corrected chi connectivity index (χ1v) is 4.17. The van der Waals surface area contributed by atoms with Gasteiger partial charge in [-0.3, -0.25) is 4.79 Å². The summed E-state index contributed by atoms with van der Waals surface area (Å²) in [7, 11) is 1.50. The number of rotatable bonds is 4. The molecule has 0 radical (unpaired) electrons. The maximum absolute atomic E-state index is 11.1. The standard InChI is InChI=1S/C6H9ClN4O2/c1-8-6(12)4-5(9-3-2-7)11-13-10-4/h2-3H2,1H3,(H,8,12)(H,9,11). The van der Waals surface area contributed by atoms with Crippen LogP contribution in [0.1, 0.15) is 10.5 Å². The summed E-state index contributed by atoms with van der Waals surface area (Å²) in [4.78, 5) is 11.1. The number of amides is 1. The van der Waals surface area contributed by atoms with Gasteiger partial charge in [-0.1, -0.05) is 0 Å². The number of nitrogens with zero attached hydrogens (tertiary/aromatic N) is 2. The molecular weight excluding hydrogens is 196 g/mol. The molecule has 0 saturated carbocycles. The van der Waals surface area contributed by atoms with Gasteiger partial charge in [-0.05, 0) is 10.3 Å². The molecule has 0 spiro atoms. The second kappa shape index (κ2) is 4.66. The van der Waals surface area contributed by atoms with E-state index < -0.39 is 0 Å². The molecule has 2 N–H and O–H groups in total. The minimum absolute atomic E-state index is 0.132. The van der Waals surface area contributed by atoms with E-state index in [1.54, 1.807) is 0 Å². The minimum atomic E-state index is -0.349. The van der Waals surface area contributed by atoms with E-state index in [4.69, 9.17) is 11.6 Å². The molecule has 1 rings (SSSR count). The smallest absolute Gasteiger partial charge is 0.277 e. The van der Waals surface area contributed by atoms with Gasteiger partial charge in [0.2, 0.25) is 11.5 Å². The number of carbonyl (C=O) groups excluding carboxylic acids is 1. The highest BCUT2D eigenvalue weighted by Gasteiger charge is 2.15. The molecule has 7 heteroatoms. The zero-order valence-corrected chi connectivity index (χ0v) is 7.76. The van der Waals surface area contributed by atoms with Crippen LogP contribution >= 0.6 is 11.6 Å². The zero-order chi connectivity index (χ0) is 9.68. The summed E-state index contributed by atoms with van der Waals surface area (Å²) in [5, 5.41) is 12.1. The molecule has 0 fully saturated rings. The van der Waals surface area contributed by atoms with Crippen LogP contribution in [-0.4, -0.2) is 35.7 Å². The largest absolute Gasteiger partial charge is 0.364 e. The van der Waals surface area contributed by atoms with Crippen molar-refractivity contribution in [1.29, 1.82) is 0 Å². The molecule has 1 heterocycles. The summed E-state index contributed by atoms with van der Waals surface area (Å²) in [6, 6.07) is 0. The Bertz CT molecular complexity index is 288. The van der Waals surface area contributed by atoms with Gasteiger partial charge in [0.1, 0.15) is 0 Å². The van der Waals surface area contributed by atoms with E-state index in [0.29, 0.717) is 18.2 Å². The normalized spacial score (nSPS) is 9.69. The Labute approximate surface area is 79.6 Å². The quantitative estimate of drug-likeness (QED) is 0.679. The van der Waals surface area contributed by atoms with Gasteiger partial charge < -0.3 is 10.6 Å². The molecule has 1 amide bonds. The van der Waals surface area contributed by atoms with E-state index >= 15 is 0 Å². The number of hydrogen-bond donors (Lipinski definition) is 2. The molecule has 0 bridgehead atoms. The van der Waals surface area contributed by atoms with Gasteiger partial charge in [0, 0.05) is 19.5 Å². The van der Waals surface area contributed by atoms with Crippen LogP contribution in [0.15, 0.2) is 4.63 Å². The summed E-state index contributed by atoms with van der Waals surface area (Å²) in [5.41, 5.74) is 0.132. The highest BCUT2D eigenvalue weighted by molar-refractivity contribution is 6.18. The predicted octanol–water partition coefficient (Wildman–Crippen LogP) is 0.0799. The van der Waals surface area contributed by atoms with Crippen molar-refractivity contribution in [3.05, 3.63) is 5.69 Å². The Morgan fingerprint density at radius 2 is 2.38 bits per heavy atom. The van der Waals surface area contributed by atoms with Crippen LogP contribution in [0, 0.1) is 0 Å². The predicted molar refractivity (Wildman–Crippen MR) is 46.9 cm³/mol. The molecule has 1 aromatic heterocycles. The fourth-order valence-electron chi connectivity index (χ4n) is 0.738. The Kier molecular flexibility index (Phi) is 3.51. The van der Waals surface area contributed by atoms with E-state index in [2.05, 4.69) is 25.6 Å². The molecule has 0 aliphatic rings. The lowest BCUT2D eigenvalue weighted by atomic mass is 10.4. The summed E-state index contributed by atoms with van der Waals surface area (Å²) in [6.45, 7) is 0.500. The SMILES string of the molecule is CNC(=O)c1nonc1NCCCl. The molecular formula is C6H9ClN4O2. The molecule has 13 heavy (non-hydrogen) atoms. The number of carbonyl (C=O) groups is 1. The highest BCUT2D eigenvalue weighted by atomic mass is 35.5. The molecule has 0 saturated heterocycles. The molecule has 0 aromatic carbocycles. The van der Waals surface area contributed by atoms with Crippen LogP contribution in [0.4, 0.5) is 5.82 Å². The van der Waals surface area contributed by atoms with Crippen LogP contribution < -0.4 is 10.6 Å². The summed E-state index contributed by atoms with van der Waals surface area (Å²) < 4.78 is 4.40. The lowest BCUT2D eigenvalue weighted by molar-refractivity contribution is 0.0954. The van der Waals surface area contributed by atoms with Gasteiger partial charge in [-0.15, -0.1) is 11.6 Å². The van der Waals surface area contributed by atoms with E-state index in [1.807, 2.05) is 0 Å². The monoisotopic (exact) mass is 204 g/mol. The fraction of sp³-hybridized carbons (Fsp3) is 0.500. The summed E-state index contributed by atoms with van der Waals surface area (Å²) >= 11 is 5.44. The Balaban J connectivity index is 2.71. The third-order valence-corrected chi connectivity index (χ3v) is 1.51. The van der Waals surface area contributed by atoms with Crippen molar-refractivity contribution in [2.45, 2.75) is 0 Å². The van der Waals surface area contributed by atoms with Crippen LogP contribution in [0.5, 0.6) is 0 Å². The van der Waals surface area contributed by atoms with Crippen molar-refractivity contribution in [3.63, 3.8) is 0 Å². The van der Waals surface area contributed by atoms with Crippen molar-refractivity contribution in [3.8, 4) is 0 Å². The Morgan fingerprint density at radius 3 is 3.00 bits per heavy atom. The van der Waals surface area contributed by atoms with Crippen molar-refractivity contribution < 1.29 is 9.42 Å². The average Bonchev–Trinajstić information content (AvgIpc) is 2.61. The van der Waals surface area contributed by atoms with Crippen LogP contribution in [0.2, 0.25) is 0 Å². The lowest BCUT2D eigenvalue weighted by Gasteiger charge is -1.99. The number of nitrogens with one attached hydrogen (secondary N) is 2. The van der Waals surface area contributed by atoms with Gasteiger partial charge >= 0.3 is 0 Å². The first-order valence-electron chi connectivity index (χ1n) is 3.64. The van der Waals surface area contributed by atoms with E-state index in [9.17, 15) is 4.79 Å². The average molecular weight is 205 g/mol. The summed E-state index contributed by atoms with van der Waals surface area (Å²) in [6.07, 6.45) is 0. The second-order valence-corrected chi connectivity index (χ2v) is 2.53. The van der Waals surface area contributed by atoms with Gasteiger partial charge in [0.05, 0.1) is 0 Å². The number of hydrogen-bond acceptors (Lipinski definition) is 5. The van der Waals surface area contributed by atoms with Gasteiger partial charge in [-0.25, -0.2) is 4.63 Å². The van der Waals surface area contributed by atoms with Gasteiger partial charge in [0.15, 0.2) is 0 Å². The van der Waals surface area contributed by atoms with E-state index in [0.717, 1.165) is 0 Å². The topological polar surface area (TPSA) is 80.1 Å². The van der Waals surface area contributed by atoms with Crippen molar-refractivity contribution in [1.82, 2.24) is 15.6 Å². The Morgan fingerprint density at radius 1 is 1.62 bits per heavy atom. The van der Waals surface area contributed by atoms with E-state index in [-0.39, 0.29) is 11.6 Å². The number of aromatic nitrogens is 2. The maximum Gasteiger partial charge on any atom is 0.277 e. The van der Waals surface area contributed by atoms with Crippen LogP contribution in [0.3, 0.4) is 0 Å². The van der Waals surface area contributed by atoms with Crippen molar-refractivity contribution in [2.75, 3.05) is 24.8 Å². The Hall–Kier alpha value is -1.30. The zero-order valence-electron chi connectivity index (χ0n) is 7.00. The summed E-state index contributed by atoms with van der Waals surface area (Å²) in [5.74, 6) is 0.373. The molecule has 72 valence electrons. The van der Waals surface area contributed by atoms with Crippen molar-refractivity contribution in [2.24, 2.45) is 0 Å². The van der Waals surface area contributed by atoms with Crippen molar-refractivity contribution >= 4 is 23.3 Å². The first kappa shape index (κ1) is 9.79. The lowest BCUT2D eigenvalue weighted by Crippen LogP contribution is -2.20. The number of alkyl halides is 1. The number of halogens is 1. The van der Waals surface area contributed by atoms with Crippen LogP contribution in [-0.2, 0) is 0 Å². The molecule has 0 aliphatic carbocycles. The highest BCUT2D eigenvalue weighted by Crippen LogP contribution is 2.08. The molecule has 1 aromatic rings. The fourth-order valence-corrected chi connectivity index (χ4v) is 0.832. The third-order valence-electron chi connectivity index (χ3n) is 1.32.